The molecule has 6 heterocycles. The van der Waals surface area contributed by atoms with Gasteiger partial charge in [-0.05, 0) is 135 Å². The number of nitrogens with zero attached hydrogens (tertiary/aromatic N) is 3. The SMILES string of the molecule is CCc1c(C)c2cc3nc(c(-c4ccncc4)c4nc(cc5[nH]c(cc1[nH]2)c(CC)c5C)C(C)=C4C)C(C)=C3C. The highest BCUT2D eigenvalue weighted by Crippen LogP contribution is 2.41. The Morgan fingerprint density at radius 2 is 1.02 bits per heavy atom. The van der Waals surface area contributed by atoms with E-state index in [1.54, 1.807) is 0 Å². The minimum absolute atomic E-state index is 0.957. The van der Waals surface area contributed by atoms with Crippen molar-refractivity contribution in [2.45, 2.75) is 68.2 Å². The molecule has 4 aromatic rings. The number of allylic oxidation sites excluding steroid dienone is 4. The first-order valence-corrected chi connectivity index (χ1v) is 14.3. The maximum absolute atomic E-state index is 5.28. The van der Waals surface area contributed by atoms with Gasteiger partial charge in [-0.3, -0.25) is 4.98 Å². The lowest BCUT2D eigenvalue weighted by Crippen LogP contribution is -1.93. The first kappa shape index (κ1) is 26.0. The molecule has 8 bridgehead atoms. The summed E-state index contributed by atoms with van der Waals surface area (Å²) in [7, 11) is 0. The third-order valence-electron chi connectivity index (χ3n) is 8.97. The number of hydrogen-bond donors (Lipinski definition) is 2. The van der Waals surface area contributed by atoms with E-state index < -0.39 is 0 Å². The van der Waals surface area contributed by atoms with Crippen LogP contribution in [0.5, 0.6) is 0 Å². The normalized spacial score (nSPS) is 13.5. The Bertz CT molecular complexity index is 1790. The third kappa shape index (κ3) is 3.95. The smallest absolute Gasteiger partial charge is 0.0769 e. The fraction of sp³-hybridized carbons (Fsp3) is 0.286. The van der Waals surface area contributed by atoms with Crippen LogP contribution in [-0.4, -0.2) is 24.9 Å². The lowest BCUT2D eigenvalue weighted by molar-refractivity contribution is 1.14. The number of aromatic nitrogens is 5. The molecule has 2 aliphatic rings. The van der Waals surface area contributed by atoms with Crippen molar-refractivity contribution in [2.75, 3.05) is 0 Å². The van der Waals surface area contributed by atoms with Crippen molar-refractivity contribution in [3.05, 3.63) is 87.8 Å². The summed E-state index contributed by atoms with van der Waals surface area (Å²) < 4.78 is 0. The van der Waals surface area contributed by atoms with Crippen molar-refractivity contribution in [1.82, 2.24) is 24.9 Å². The molecule has 0 saturated heterocycles. The molecule has 5 heteroatoms. The summed E-state index contributed by atoms with van der Waals surface area (Å²) in [5.74, 6) is 0. The number of pyridine rings is 1. The summed E-state index contributed by atoms with van der Waals surface area (Å²) in [5, 5.41) is 0. The third-order valence-corrected chi connectivity index (χ3v) is 8.97. The summed E-state index contributed by atoms with van der Waals surface area (Å²) in [6.07, 6.45) is 5.61. The van der Waals surface area contributed by atoms with Gasteiger partial charge >= 0.3 is 0 Å². The predicted octanol–water partition coefficient (Wildman–Crippen LogP) is 9.02. The number of hydrogen-bond acceptors (Lipinski definition) is 3. The van der Waals surface area contributed by atoms with Crippen molar-refractivity contribution in [2.24, 2.45) is 0 Å². The number of nitrogens with one attached hydrogen (secondary N) is 2. The summed E-state index contributed by atoms with van der Waals surface area (Å²) in [4.78, 5) is 22.4. The fourth-order valence-electron chi connectivity index (χ4n) is 6.21. The van der Waals surface area contributed by atoms with E-state index >= 15 is 0 Å². The van der Waals surface area contributed by atoms with Crippen LogP contribution >= 0.6 is 0 Å². The molecule has 0 spiro atoms. The van der Waals surface area contributed by atoms with Gasteiger partial charge in [-0.15, -0.1) is 0 Å². The van der Waals surface area contributed by atoms with Gasteiger partial charge in [0, 0.05) is 40.0 Å². The predicted molar refractivity (Wildman–Crippen MR) is 169 cm³/mol. The first-order valence-electron chi connectivity index (χ1n) is 14.3. The fourth-order valence-corrected chi connectivity index (χ4v) is 6.21. The second kappa shape index (κ2) is 9.74. The van der Waals surface area contributed by atoms with Crippen molar-refractivity contribution >= 4 is 44.4 Å². The van der Waals surface area contributed by atoms with E-state index in [9.17, 15) is 0 Å². The van der Waals surface area contributed by atoms with E-state index in [0.717, 1.165) is 68.8 Å². The average Bonchev–Trinajstić information content (AvgIpc) is 3.60. The largest absolute Gasteiger partial charge is 0.355 e. The van der Waals surface area contributed by atoms with Gasteiger partial charge in [0.1, 0.15) is 0 Å². The molecule has 0 aliphatic carbocycles. The van der Waals surface area contributed by atoms with Gasteiger partial charge in [-0.2, -0.15) is 0 Å². The van der Waals surface area contributed by atoms with Crippen LogP contribution in [0, 0.1) is 13.8 Å². The van der Waals surface area contributed by atoms with Crippen molar-refractivity contribution in [3.63, 3.8) is 0 Å². The molecule has 0 saturated carbocycles. The topological polar surface area (TPSA) is 70.2 Å². The average molecular weight is 528 g/mol. The van der Waals surface area contributed by atoms with Crippen molar-refractivity contribution < 1.29 is 0 Å². The lowest BCUT2D eigenvalue weighted by Gasteiger charge is -2.09. The van der Waals surface area contributed by atoms with Gasteiger partial charge in [-0.1, -0.05) is 13.8 Å². The molecule has 40 heavy (non-hydrogen) atoms. The van der Waals surface area contributed by atoms with Crippen molar-refractivity contribution in [3.8, 4) is 11.1 Å². The minimum Gasteiger partial charge on any atom is -0.355 e. The zero-order chi connectivity index (χ0) is 28.3. The molecule has 4 aromatic heterocycles. The van der Waals surface area contributed by atoms with E-state index in [0.29, 0.717) is 0 Å². The summed E-state index contributed by atoms with van der Waals surface area (Å²) >= 11 is 0. The molecule has 0 unspecified atom stereocenters. The zero-order valence-electron chi connectivity index (χ0n) is 24.8. The Morgan fingerprint density at radius 3 is 1.45 bits per heavy atom. The molecule has 0 atom stereocenters. The highest BCUT2D eigenvalue weighted by molar-refractivity contribution is 6.01. The van der Waals surface area contributed by atoms with E-state index in [2.05, 4.69) is 101 Å². The number of fused-ring (bicyclic) bond motifs is 8. The molecule has 5 nitrogen and oxygen atoms in total. The van der Waals surface area contributed by atoms with E-state index in [4.69, 9.17) is 9.97 Å². The Labute approximate surface area is 236 Å². The minimum atomic E-state index is 0.957. The van der Waals surface area contributed by atoms with Crippen LogP contribution in [0.4, 0.5) is 0 Å². The molecule has 0 amide bonds. The Morgan fingerprint density at radius 1 is 0.575 bits per heavy atom. The molecular weight excluding hydrogens is 490 g/mol. The summed E-state index contributed by atoms with van der Waals surface area (Å²) in [6.45, 7) is 17.6. The molecule has 0 radical (unpaired) electrons. The standard InChI is InChI=1S/C35H37N5/c1-9-25-22(7)29-15-27-18(3)20(5)34(39-27)33(24-11-13-36-14-12-24)35-21(6)19(4)28(40-35)16-30-23(8)26(10-2)32(38-30)17-31(25)37-29/h11-17,37-38H,9-10H2,1-8H3. The number of aromatic amines is 2. The van der Waals surface area contributed by atoms with Gasteiger partial charge in [-0.25, -0.2) is 9.97 Å². The van der Waals surface area contributed by atoms with Gasteiger partial charge < -0.3 is 9.97 Å². The maximum atomic E-state index is 5.28. The van der Waals surface area contributed by atoms with Gasteiger partial charge in [0.2, 0.25) is 0 Å². The van der Waals surface area contributed by atoms with Crippen LogP contribution < -0.4 is 0 Å². The van der Waals surface area contributed by atoms with Crippen LogP contribution in [-0.2, 0) is 12.8 Å². The summed E-state index contributed by atoms with van der Waals surface area (Å²) in [5.41, 5.74) is 20.6. The van der Waals surface area contributed by atoms with E-state index in [1.165, 1.54) is 44.5 Å². The quantitative estimate of drug-likeness (QED) is 0.279. The van der Waals surface area contributed by atoms with Gasteiger partial charge in [0.15, 0.2) is 0 Å². The zero-order valence-corrected chi connectivity index (χ0v) is 24.8. The first-order chi connectivity index (χ1) is 19.2. The Hall–Kier alpha value is -4.25. The van der Waals surface area contributed by atoms with Crippen LogP contribution in [0.2, 0.25) is 0 Å². The van der Waals surface area contributed by atoms with Crippen LogP contribution in [0.1, 0.15) is 86.6 Å². The molecule has 2 aliphatic heterocycles. The molecule has 2 N–H and O–H groups in total. The highest BCUT2D eigenvalue weighted by Gasteiger charge is 2.24. The van der Waals surface area contributed by atoms with Crippen LogP contribution in [0.25, 0.3) is 55.5 Å². The monoisotopic (exact) mass is 527 g/mol. The number of H-pyrrole nitrogens is 2. The van der Waals surface area contributed by atoms with Gasteiger partial charge in [0.05, 0.1) is 22.8 Å². The van der Waals surface area contributed by atoms with Gasteiger partial charge in [0.25, 0.3) is 0 Å². The van der Waals surface area contributed by atoms with Crippen LogP contribution in [0.3, 0.4) is 0 Å². The molecule has 6 rings (SSSR count). The molecular formula is C35H37N5. The second-order valence-electron chi connectivity index (χ2n) is 11.1. The molecule has 0 aromatic carbocycles. The van der Waals surface area contributed by atoms with Crippen LogP contribution in [0.15, 0.2) is 42.7 Å². The summed E-state index contributed by atoms with van der Waals surface area (Å²) in [6, 6.07) is 10.8. The second-order valence-corrected chi connectivity index (χ2v) is 11.1. The van der Waals surface area contributed by atoms with Crippen molar-refractivity contribution in [1.29, 1.82) is 0 Å². The molecule has 202 valence electrons. The van der Waals surface area contributed by atoms with E-state index in [1.807, 2.05) is 12.4 Å². The Balaban J connectivity index is 1.87. The molecule has 0 fully saturated rings. The number of rotatable bonds is 3. The number of aryl methyl sites for hydroxylation is 4. The van der Waals surface area contributed by atoms with E-state index in [-0.39, 0.29) is 0 Å². The highest BCUT2D eigenvalue weighted by atomic mass is 14.8. The lowest BCUT2D eigenvalue weighted by atomic mass is 9.95. The Kier molecular flexibility index (Phi) is 6.33. The maximum Gasteiger partial charge on any atom is 0.0769 e.